The molecule has 4 rings (SSSR count). The molecular formula is C21H21BrClN3O3. The average Bonchev–Trinajstić information content (AvgIpc) is 3.02. The number of anilines is 1. The van der Waals surface area contributed by atoms with Crippen molar-refractivity contribution in [1.82, 2.24) is 4.90 Å². The molecule has 29 heavy (non-hydrogen) atoms. The van der Waals surface area contributed by atoms with Crippen molar-refractivity contribution in [2.45, 2.75) is 6.42 Å². The van der Waals surface area contributed by atoms with E-state index in [9.17, 15) is 4.79 Å². The molecule has 0 aromatic heterocycles. The van der Waals surface area contributed by atoms with Crippen molar-refractivity contribution in [2.75, 3.05) is 44.8 Å². The zero-order chi connectivity index (χ0) is 20.2. The van der Waals surface area contributed by atoms with Crippen LogP contribution in [0.5, 0.6) is 5.75 Å². The Morgan fingerprint density at radius 1 is 1.21 bits per heavy atom. The molecule has 0 saturated carbocycles. The van der Waals surface area contributed by atoms with Gasteiger partial charge in [-0.25, -0.2) is 4.99 Å². The summed E-state index contributed by atoms with van der Waals surface area (Å²) in [7, 11) is 0. The van der Waals surface area contributed by atoms with Crippen LogP contribution in [-0.4, -0.2) is 56.0 Å². The first-order valence-electron chi connectivity index (χ1n) is 9.52. The van der Waals surface area contributed by atoms with Gasteiger partial charge in [-0.05, 0) is 42.8 Å². The van der Waals surface area contributed by atoms with Crippen LogP contribution in [0.1, 0.15) is 12.0 Å². The minimum atomic E-state index is -0.224. The minimum Gasteiger partial charge on any atom is -0.492 e. The summed E-state index contributed by atoms with van der Waals surface area (Å²) in [6.45, 7) is 5.13. The summed E-state index contributed by atoms with van der Waals surface area (Å²) >= 11 is 9.81. The molecule has 2 aliphatic heterocycles. The molecule has 8 heteroatoms. The van der Waals surface area contributed by atoms with Crippen LogP contribution in [0.15, 0.2) is 45.9 Å². The molecule has 0 unspecified atom stereocenters. The van der Waals surface area contributed by atoms with E-state index >= 15 is 0 Å². The van der Waals surface area contributed by atoms with Gasteiger partial charge in [-0.1, -0.05) is 27.5 Å². The van der Waals surface area contributed by atoms with Crippen molar-refractivity contribution in [1.29, 1.82) is 0 Å². The Kier molecular flexibility index (Phi) is 6.50. The van der Waals surface area contributed by atoms with E-state index in [-0.39, 0.29) is 5.91 Å². The fourth-order valence-electron chi connectivity index (χ4n) is 3.34. The van der Waals surface area contributed by atoms with E-state index in [1.165, 1.54) is 0 Å². The topological polar surface area (TPSA) is 63.2 Å². The lowest BCUT2D eigenvalue weighted by Crippen LogP contribution is -2.37. The molecule has 6 nitrogen and oxygen atoms in total. The standard InChI is InChI=1S/C21H21BrClN3O3/c22-14-2-4-18-16(12-14)20(21(27)25-18)24-15-3-5-19(17(23)13-15)29-9-1-6-26-7-10-28-11-8-26/h2-5,12-13H,1,6-11H2,(H,24,25,27). The van der Waals surface area contributed by atoms with E-state index in [0.717, 1.165) is 55.0 Å². The molecule has 2 aromatic carbocycles. The van der Waals surface area contributed by atoms with Crippen molar-refractivity contribution in [3.05, 3.63) is 51.5 Å². The van der Waals surface area contributed by atoms with E-state index < -0.39 is 0 Å². The molecule has 0 bridgehead atoms. The maximum Gasteiger partial charge on any atom is 0.275 e. The Hall–Kier alpha value is -1.93. The van der Waals surface area contributed by atoms with Crippen molar-refractivity contribution in [2.24, 2.45) is 4.99 Å². The number of hydrogen-bond acceptors (Lipinski definition) is 5. The van der Waals surface area contributed by atoms with Gasteiger partial charge in [-0.3, -0.25) is 9.69 Å². The first-order chi connectivity index (χ1) is 14.1. The number of amides is 1. The monoisotopic (exact) mass is 477 g/mol. The highest BCUT2D eigenvalue weighted by Crippen LogP contribution is 2.32. The van der Waals surface area contributed by atoms with E-state index in [1.807, 2.05) is 18.2 Å². The SMILES string of the molecule is O=C1Nc2ccc(Br)cc2C1=Nc1ccc(OCCCN2CCOCC2)c(Cl)c1. The molecule has 152 valence electrons. The van der Waals surface area contributed by atoms with Gasteiger partial charge in [-0.15, -0.1) is 0 Å². The van der Waals surface area contributed by atoms with Gasteiger partial charge in [0.2, 0.25) is 0 Å². The van der Waals surface area contributed by atoms with Crippen LogP contribution in [0, 0.1) is 0 Å². The third-order valence-corrected chi connectivity index (χ3v) is 5.62. The van der Waals surface area contributed by atoms with Crippen LogP contribution in [0.3, 0.4) is 0 Å². The van der Waals surface area contributed by atoms with Crippen LogP contribution < -0.4 is 10.1 Å². The zero-order valence-corrected chi connectivity index (χ0v) is 18.1. The Labute approximate surface area is 183 Å². The number of carbonyl (C=O) groups excluding carboxylic acids is 1. The number of benzene rings is 2. The fraction of sp³-hybridized carbons (Fsp3) is 0.333. The second kappa shape index (κ2) is 9.26. The average molecular weight is 479 g/mol. The molecule has 0 radical (unpaired) electrons. The number of rotatable bonds is 6. The van der Waals surface area contributed by atoms with Gasteiger partial charge in [0.25, 0.3) is 5.91 Å². The van der Waals surface area contributed by atoms with Gasteiger partial charge in [0, 0.05) is 29.7 Å². The molecule has 2 aromatic rings. The molecule has 0 spiro atoms. The molecular weight excluding hydrogens is 458 g/mol. The molecule has 1 amide bonds. The highest BCUT2D eigenvalue weighted by molar-refractivity contribution is 9.10. The lowest BCUT2D eigenvalue weighted by atomic mass is 10.1. The first-order valence-corrected chi connectivity index (χ1v) is 10.7. The second-order valence-corrected chi connectivity index (χ2v) is 8.20. The summed E-state index contributed by atoms with van der Waals surface area (Å²) in [5.74, 6) is 0.397. The Bertz CT molecular complexity index is 945. The quantitative estimate of drug-likeness (QED) is 0.630. The number of hydrogen-bond donors (Lipinski definition) is 1. The largest absolute Gasteiger partial charge is 0.492 e. The van der Waals surface area contributed by atoms with Gasteiger partial charge in [0.05, 0.1) is 36.2 Å². The van der Waals surface area contributed by atoms with E-state index in [4.69, 9.17) is 21.1 Å². The number of nitrogens with one attached hydrogen (secondary N) is 1. The first kappa shape index (κ1) is 20.3. The van der Waals surface area contributed by atoms with E-state index in [0.29, 0.717) is 28.8 Å². The summed E-state index contributed by atoms with van der Waals surface area (Å²) in [6, 6.07) is 10.9. The summed E-state index contributed by atoms with van der Waals surface area (Å²) < 4.78 is 12.1. The van der Waals surface area contributed by atoms with E-state index in [1.54, 1.807) is 18.2 Å². The highest BCUT2D eigenvalue weighted by Gasteiger charge is 2.26. The number of halogens is 2. The predicted octanol–water partition coefficient (Wildman–Crippen LogP) is 4.28. The molecule has 2 heterocycles. The lowest BCUT2D eigenvalue weighted by molar-refractivity contribution is -0.110. The molecule has 1 fully saturated rings. The van der Waals surface area contributed by atoms with Gasteiger partial charge in [0.15, 0.2) is 0 Å². The van der Waals surface area contributed by atoms with Crippen molar-refractivity contribution < 1.29 is 14.3 Å². The van der Waals surface area contributed by atoms with Crippen LogP contribution in [0.2, 0.25) is 5.02 Å². The summed E-state index contributed by atoms with van der Waals surface area (Å²) in [6.07, 6.45) is 0.923. The van der Waals surface area contributed by atoms with Crippen LogP contribution in [-0.2, 0) is 9.53 Å². The normalized spacial score (nSPS) is 18.0. The van der Waals surface area contributed by atoms with E-state index in [2.05, 4.69) is 31.1 Å². The van der Waals surface area contributed by atoms with Crippen LogP contribution >= 0.6 is 27.5 Å². The Morgan fingerprint density at radius 3 is 2.83 bits per heavy atom. The molecule has 1 saturated heterocycles. The summed E-state index contributed by atoms with van der Waals surface area (Å²) in [4.78, 5) is 19.2. The van der Waals surface area contributed by atoms with Crippen molar-refractivity contribution in [3.8, 4) is 5.75 Å². The van der Waals surface area contributed by atoms with Gasteiger partial charge >= 0.3 is 0 Å². The van der Waals surface area contributed by atoms with Crippen LogP contribution in [0.25, 0.3) is 0 Å². The Balaban J connectivity index is 1.39. The number of carbonyl (C=O) groups is 1. The number of fused-ring (bicyclic) bond motifs is 1. The zero-order valence-electron chi connectivity index (χ0n) is 15.8. The number of morpholine rings is 1. The van der Waals surface area contributed by atoms with Crippen molar-refractivity contribution >= 4 is 50.5 Å². The van der Waals surface area contributed by atoms with Gasteiger partial charge in [0.1, 0.15) is 11.5 Å². The van der Waals surface area contributed by atoms with Gasteiger partial charge in [-0.2, -0.15) is 0 Å². The number of aliphatic imine (C=N–C) groups is 1. The molecule has 2 aliphatic rings. The third kappa shape index (κ3) is 4.98. The lowest BCUT2D eigenvalue weighted by Gasteiger charge is -2.26. The number of nitrogens with zero attached hydrogens (tertiary/aromatic N) is 2. The second-order valence-electron chi connectivity index (χ2n) is 6.88. The molecule has 0 aliphatic carbocycles. The maximum atomic E-state index is 12.3. The Morgan fingerprint density at radius 2 is 2.03 bits per heavy atom. The smallest absolute Gasteiger partial charge is 0.275 e. The highest BCUT2D eigenvalue weighted by atomic mass is 79.9. The molecule has 0 atom stereocenters. The third-order valence-electron chi connectivity index (χ3n) is 4.84. The van der Waals surface area contributed by atoms with Crippen LogP contribution in [0.4, 0.5) is 11.4 Å². The summed E-state index contributed by atoms with van der Waals surface area (Å²) in [5.41, 5.74) is 2.50. The number of ether oxygens (including phenoxy) is 2. The summed E-state index contributed by atoms with van der Waals surface area (Å²) in [5, 5.41) is 3.30. The van der Waals surface area contributed by atoms with Gasteiger partial charge < -0.3 is 14.8 Å². The fourth-order valence-corrected chi connectivity index (χ4v) is 3.93. The maximum absolute atomic E-state index is 12.3. The minimum absolute atomic E-state index is 0.224. The molecule has 1 N–H and O–H groups in total. The predicted molar refractivity (Wildman–Crippen MR) is 118 cm³/mol. The van der Waals surface area contributed by atoms with Crippen molar-refractivity contribution in [3.63, 3.8) is 0 Å².